The average Bonchev–Trinajstić information content (AvgIpc) is 3.11. The highest BCUT2D eigenvalue weighted by molar-refractivity contribution is 5.89. The van der Waals surface area contributed by atoms with E-state index in [0.29, 0.717) is 24.0 Å². The number of aromatic nitrogens is 4. The van der Waals surface area contributed by atoms with Gasteiger partial charge in [-0.3, -0.25) is 4.57 Å². The number of rotatable bonds is 6. The molecule has 2 amide bonds. The molecule has 2 heterocycles. The molecule has 152 valence electrons. The zero-order valence-electron chi connectivity index (χ0n) is 15.6. The highest BCUT2D eigenvalue weighted by Crippen LogP contribution is 2.19. The van der Waals surface area contributed by atoms with Gasteiger partial charge < -0.3 is 16.0 Å². The fraction of sp³-hybridized carbons (Fsp3) is 0.222. The van der Waals surface area contributed by atoms with E-state index < -0.39 is 29.2 Å². The summed E-state index contributed by atoms with van der Waals surface area (Å²) in [4.78, 5) is 24.6. The van der Waals surface area contributed by atoms with Crippen molar-refractivity contribution in [2.24, 2.45) is 0 Å². The summed E-state index contributed by atoms with van der Waals surface area (Å²) in [6.45, 7) is 4.08. The number of urea groups is 1. The zero-order valence-corrected chi connectivity index (χ0v) is 15.6. The van der Waals surface area contributed by atoms with Crippen LogP contribution in [-0.2, 0) is 0 Å². The topological polar surface area (TPSA) is 96.8 Å². The zero-order chi connectivity index (χ0) is 21.0. The minimum atomic E-state index is -1.65. The number of hydrogen-bond donors (Lipinski definition) is 3. The molecule has 3 aromatic rings. The minimum absolute atomic E-state index is 0.166. The van der Waals surface area contributed by atoms with E-state index in [1.54, 1.807) is 25.4 Å². The number of halogens is 3. The van der Waals surface area contributed by atoms with E-state index in [-0.39, 0.29) is 6.54 Å². The van der Waals surface area contributed by atoms with Gasteiger partial charge in [0.15, 0.2) is 17.5 Å². The Hall–Kier alpha value is -3.63. The first-order valence-corrected chi connectivity index (χ1v) is 8.63. The normalized spacial score (nSPS) is 10.7. The Labute approximate surface area is 164 Å². The number of carbonyl (C=O) groups excluding carboxylic acids is 1. The lowest BCUT2D eigenvalue weighted by Crippen LogP contribution is -2.33. The third-order valence-corrected chi connectivity index (χ3v) is 3.90. The van der Waals surface area contributed by atoms with Crippen molar-refractivity contribution >= 4 is 17.5 Å². The van der Waals surface area contributed by atoms with Crippen molar-refractivity contribution in [3.05, 3.63) is 59.7 Å². The van der Waals surface area contributed by atoms with Gasteiger partial charge in [0.25, 0.3) is 0 Å². The molecule has 1 aromatic carbocycles. The summed E-state index contributed by atoms with van der Waals surface area (Å²) in [5.41, 5.74) is -0.457. The maximum atomic E-state index is 13.6. The molecule has 2 aromatic heterocycles. The van der Waals surface area contributed by atoms with Crippen LogP contribution >= 0.6 is 0 Å². The van der Waals surface area contributed by atoms with Crippen LogP contribution in [0.2, 0.25) is 0 Å². The molecule has 0 aliphatic rings. The van der Waals surface area contributed by atoms with Gasteiger partial charge in [0.1, 0.15) is 23.3 Å². The predicted octanol–water partition coefficient (Wildman–Crippen LogP) is 2.93. The number of amides is 2. The van der Waals surface area contributed by atoms with Gasteiger partial charge in [-0.2, -0.15) is 0 Å². The molecular weight excluding hydrogens is 387 g/mol. The summed E-state index contributed by atoms with van der Waals surface area (Å²) in [6.07, 6.45) is 3.45. The molecule has 3 N–H and O–H groups in total. The molecule has 0 saturated carbocycles. The number of anilines is 2. The van der Waals surface area contributed by atoms with Gasteiger partial charge >= 0.3 is 6.03 Å². The standard InChI is InChI=1S/C18H18F3N7O/c1-10-25-14(9-15(26-10)28-8-7-22-11(28)2)23-5-6-24-18(29)27-13-4-3-12(19)16(20)17(13)21/h3-4,7-9H,5-6H2,1-2H3,(H,23,25,26)(H2,24,27,29). The van der Waals surface area contributed by atoms with Crippen molar-refractivity contribution in [1.82, 2.24) is 24.8 Å². The van der Waals surface area contributed by atoms with Crippen molar-refractivity contribution in [3.63, 3.8) is 0 Å². The lowest BCUT2D eigenvalue weighted by atomic mass is 10.3. The van der Waals surface area contributed by atoms with E-state index in [1.807, 2.05) is 11.5 Å². The number of carbonyl (C=O) groups is 1. The van der Waals surface area contributed by atoms with Crippen LogP contribution in [0.4, 0.5) is 29.5 Å². The van der Waals surface area contributed by atoms with E-state index >= 15 is 0 Å². The molecule has 11 heteroatoms. The van der Waals surface area contributed by atoms with Gasteiger partial charge in [-0.25, -0.2) is 32.9 Å². The lowest BCUT2D eigenvalue weighted by molar-refractivity contribution is 0.252. The van der Waals surface area contributed by atoms with Crippen LogP contribution in [0, 0.1) is 31.3 Å². The second-order valence-corrected chi connectivity index (χ2v) is 6.03. The van der Waals surface area contributed by atoms with Crippen LogP contribution < -0.4 is 16.0 Å². The first-order valence-electron chi connectivity index (χ1n) is 8.63. The summed E-state index contributed by atoms with van der Waals surface area (Å²) in [5.74, 6) is -1.91. The maximum Gasteiger partial charge on any atom is 0.319 e. The number of hydrogen-bond acceptors (Lipinski definition) is 5. The molecule has 0 unspecified atom stereocenters. The summed E-state index contributed by atoms with van der Waals surface area (Å²) in [6, 6.07) is 2.64. The molecule has 29 heavy (non-hydrogen) atoms. The average molecular weight is 405 g/mol. The lowest BCUT2D eigenvalue weighted by Gasteiger charge is -2.11. The van der Waals surface area contributed by atoms with Gasteiger partial charge in [-0.15, -0.1) is 0 Å². The third kappa shape index (κ3) is 4.81. The summed E-state index contributed by atoms with van der Waals surface area (Å²) >= 11 is 0. The number of benzene rings is 1. The Kier molecular flexibility index (Phi) is 5.96. The molecule has 0 bridgehead atoms. The van der Waals surface area contributed by atoms with Crippen LogP contribution in [0.15, 0.2) is 30.6 Å². The maximum absolute atomic E-state index is 13.6. The Morgan fingerprint density at radius 3 is 2.62 bits per heavy atom. The molecule has 0 saturated heterocycles. The van der Waals surface area contributed by atoms with Gasteiger partial charge in [0, 0.05) is 31.5 Å². The molecule has 0 aliphatic carbocycles. The first-order chi connectivity index (χ1) is 13.8. The molecule has 0 atom stereocenters. The van der Waals surface area contributed by atoms with E-state index in [1.165, 1.54) is 0 Å². The van der Waals surface area contributed by atoms with Crippen LogP contribution in [-0.4, -0.2) is 38.6 Å². The highest BCUT2D eigenvalue weighted by atomic mass is 19.2. The highest BCUT2D eigenvalue weighted by Gasteiger charge is 2.15. The predicted molar refractivity (Wildman–Crippen MR) is 100 cm³/mol. The smallest absolute Gasteiger partial charge is 0.319 e. The molecule has 0 spiro atoms. The quantitative estimate of drug-likeness (QED) is 0.433. The van der Waals surface area contributed by atoms with Crippen molar-refractivity contribution in [1.29, 1.82) is 0 Å². The fourth-order valence-corrected chi connectivity index (χ4v) is 2.54. The monoisotopic (exact) mass is 405 g/mol. The molecular formula is C18H18F3N7O. The Morgan fingerprint density at radius 1 is 1.10 bits per heavy atom. The van der Waals surface area contributed by atoms with Crippen LogP contribution in [0.25, 0.3) is 5.82 Å². The molecule has 8 nitrogen and oxygen atoms in total. The van der Waals surface area contributed by atoms with Crippen molar-refractivity contribution in [2.75, 3.05) is 23.7 Å². The van der Waals surface area contributed by atoms with Crippen molar-refractivity contribution in [2.45, 2.75) is 13.8 Å². The molecule has 0 fully saturated rings. The number of imidazole rings is 1. The number of nitrogens with zero attached hydrogens (tertiary/aromatic N) is 4. The van der Waals surface area contributed by atoms with E-state index in [2.05, 4.69) is 30.9 Å². The number of aryl methyl sites for hydroxylation is 2. The van der Waals surface area contributed by atoms with Crippen LogP contribution in [0.3, 0.4) is 0 Å². The van der Waals surface area contributed by atoms with E-state index in [0.717, 1.165) is 18.0 Å². The summed E-state index contributed by atoms with van der Waals surface area (Å²) in [5, 5.41) is 7.64. The third-order valence-electron chi connectivity index (χ3n) is 3.90. The van der Waals surface area contributed by atoms with Crippen LogP contribution in [0.1, 0.15) is 11.6 Å². The van der Waals surface area contributed by atoms with Crippen LogP contribution in [0.5, 0.6) is 0 Å². The molecule has 0 aliphatic heterocycles. The van der Waals surface area contributed by atoms with Gasteiger partial charge in [0.2, 0.25) is 0 Å². The largest absolute Gasteiger partial charge is 0.368 e. The van der Waals surface area contributed by atoms with Crippen molar-refractivity contribution < 1.29 is 18.0 Å². The SMILES string of the molecule is Cc1nc(NCCNC(=O)Nc2ccc(F)c(F)c2F)cc(-n2ccnc2C)n1. The Bertz CT molecular complexity index is 1040. The Morgan fingerprint density at radius 2 is 1.90 bits per heavy atom. The number of nitrogens with one attached hydrogen (secondary N) is 3. The minimum Gasteiger partial charge on any atom is -0.368 e. The van der Waals surface area contributed by atoms with Gasteiger partial charge in [0.05, 0.1) is 5.69 Å². The second-order valence-electron chi connectivity index (χ2n) is 6.03. The fourth-order valence-electron chi connectivity index (χ4n) is 2.54. The molecule has 3 rings (SSSR count). The second kappa shape index (κ2) is 8.59. The van der Waals surface area contributed by atoms with Crippen molar-refractivity contribution in [3.8, 4) is 5.82 Å². The molecule has 0 radical (unpaired) electrons. The summed E-state index contributed by atoms with van der Waals surface area (Å²) < 4.78 is 41.5. The van der Waals surface area contributed by atoms with Gasteiger partial charge in [-0.05, 0) is 26.0 Å². The first kappa shape index (κ1) is 20.1. The van der Waals surface area contributed by atoms with E-state index in [9.17, 15) is 18.0 Å². The van der Waals surface area contributed by atoms with Gasteiger partial charge in [-0.1, -0.05) is 0 Å². The summed E-state index contributed by atoms with van der Waals surface area (Å²) in [7, 11) is 0. The Balaban J connectivity index is 1.53. The van der Waals surface area contributed by atoms with E-state index in [4.69, 9.17) is 0 Å².